The molecular formula is C24H22N5O9P. The van der Waals surface area contributed by atoms with E-state index in [-0.39, 0.29) is 29.1 Å². The second-order valence-corrected chi connectivity index (χ2v) is 9.76. The zero-order chi connectivity index (χ0) is 27.6. The number of hydrogen-bond donors (Lipinski definition) is 4. The Hall–Kier alpha value is -4.20. The van der Waals surface area contributed by atoms with Gasteiger partial charge in [-0.3, -0.25) is 29.0 Å². The van der Waals surface area contributed by atoms with Gasteiger partial charge in [0.2, 0.25) is 5.95 Å². The molecule has 4 aromatic rings. The van der Waals surface area contributed by atoms with E-state index in [0.29, 0.717) is 5.56 Å². The fraction of sp³-hybridized carbons (Fsp3) is 0.208. The summed E-state index contributed by atoms with van der Waals surface area (Å²) in [6.45, 7) is -0.577. The molecule has 3 atom stereocenters. The van der Waals surface area contributed by atoms with Crippen LogP contribution >= 0.6 is 7.82 Å². The number of phosphoric acid groups is 1. The lowest BCUT2D eigenvalue weighted by atomic mass is 10.1. The number of hydrogen-bond acceptors (Lipinski definition) is 9. The Morgan fingerprint density at radius 2 is 1.77 bits per heavy atom. The van der Waals surface area contributed by atoms with Crippen molar-refractivity contribution in [1.82, 2.24) is 19.5 Å². The predicted octanol–water partition coefficient (Wildman–Crippen LogP) is 1.99. The number of phosphoric ester groups is 1. The Labute approximate surface area is 219 Å². The van der Waals surface area contributed by atoms with Crippen molar-refractivity contribution in [2.45, 2.75) is 24.9 Å². The van der Waals surface area contributed by atoms with Gasteiger partial charge in [-0.1, -0.05) is 36.4 Å². The second kappa shape index (κ2) is 10.9. The maximum atomic E-state index is 12.7. The Morgan fingerprint density at radius 1 is 1.10 bits per heavy atom. The Kier molecular flexibility index (Phi) is 7.37. The molecule has 1 aliphatic rings. The minimum atomic E-state index is -4.85. The maximum absolute atomic E-state index is 12.7. The van der Waals surface area contributed by atoms with Crippen LogP contribution in [0.25, 0.3) is 11.2 Å². The lowest BCUT2D eigenvalue weighted by Crippen LogP contribution is -2.31. The normalized spacial score (nSPS) is 19.2. The first kappa shape index (κ1) is 26.4. The number of ether oxygens (including phenoxy) is 2. The van der Waals surface area contributed by atoms with Crippen molar-refractivity contribution in [2.75, 3.05) is 11.9 Å². The van der Waals surface area contributed by atoms with E-state index in [4.69, 9.17) is 19.3 Å². The highest BCUT2D eigenvalue weighted by molar-refractivity contribution is 7.46. The van der Waals surface area contributed by atoms with E-state index >= 15 is 0 Å². The van der Waals surface area contributed by atoms with E-state index in [1.165, 1.54) is 10.9 Å². The average molecular weight is 555 g/mol. The molecule has 202 valence electrons. The number of anilines is 1. The van der Waals surface area contributed by atoms with Crippen LogP contribution in [0.2, 0.25) is 0 Å². The van der Waals surface area contributed by atoms with E-state index in [0.717, 1.165) is 0 Å². The van der Waals surface area contributed by atoms with Gasteiger partial charge in [0.25, 0.3) is 11.5 Å². The quantitative estimate of drug-likeness (QED) is 0.183. The molecule has 3 unspecified atom stereocenters. The van der Waals surface area contributed by atoms with Crippen LogP contribution in [0.5, 0.6) is 0 Å². The fourth-order valence-corrected chi connectivity index (χ4v) is 4.40. The van der Waals surface area contributed by atoms with Gasteiger partial charge in [0.15, 0.2) is 11.2 Å². The molecule has 1 fully saturated rings. The summed E-state index contributed by atoms with van der Waals surface area (Å²) >= 11 is 0. The van der Waals surface area contributed by atoms with Crippen molar-refractivity contribution in [2.24, 2.45) is 0 Å². The van der Waals surface area contributed by atoms with Gasteiger partial charge in [0.05, 0.1) is 18.5 Å². The largest absolute Gasteiger partial charge is 0.469 e. The van der Waals surface area contributed by atoms with Gasteiger partial charge in [0, 0.05) is 12.0 Å². The first-order valence-corrected chi connectivity index (χ1v) is 13.2. The molecule has 14 nitrogen and oxygen atoms in total. The molecule has 5 rings (SSSR count). The molecular weight excluding hydrogens is 533 g/mol. The summed E-state index contributed by atoms with van der Waals surface area (Å²) in [6, 6.07) is 16.5. The highest BCUT2D eigenvalue weighted by atomic mass is 31.2. The molecule has 1 aliphatic heterocycles. The molecule has 0 radical (unpaired) electrons. The van der Waals surface area contributed by atoms with E-state index in [1.807, 2.05) is 0 Å². The molecule has 0 saturated carbocycles. The molecule has 0 aliphatic carbocycles. The first-order chi connectivity index (χ1) is 18.7. The third kappa shape index (κ3) is 6.11. The number of H-pyrrole nitrogens is 1. The minimum Gasteiger partial charge on any atom is -0.456 e. The second-order valence-electron chi connectivity index (χ2n) is 8.52. The molecule has 0 bridgehead atoms. The van der Waals surface area contributed by atoms with Crippen LogP contribution in [-0.4, -0.2) is 60.0 Å². The number of nitrogens with zero attached hydrogens (tertiary/aromatic N) is 3. The van der Waals surface area contributed by atoms with Crippen LogP contribution in [0.4, 0.5) is 5.95 Å². The summed E-state index contributed by atoms with van der Waals surface area (Å²) in [5.41, 5.74) is 0.0361. The highest BCUT2D eigenvalue weighted by Gasteiger charge is 2.41. The zero-order valence-electron chi connectivity index (χ0n) is 20.0. The van der Waals surface area contributed by atoms with Gasteiger partial charge in [-0.05, 0) is 24.3 Å². The summed E-state index contributed by atoms with van der Waals surface area (Å²) in [6.07, 6.45) is -1.61. The molecule has 39 heavy (non-hydrogen) atoms. The molecule has 15 heteroatoms. The topological polar surface area (TPSA) is 195 Å². The molecule has 3 heterocycles. The third-order valence-electron chi connectivity index (χ3n) is 5.87. The monoisotopic (exact) mass is 555 g/mol. The number of amides is 1. The van der Waals surface area contributed by atoms with Crippen LogP contribution in [-0.2, 0) is 18.6 Å². The SMILES string of the molecule is O=C(Nc1nc2c(ncn2C2CC(OC(=O)c3ccccc3)C(COP(=O)(O)O)O2)c(=O)[nH]1)c1ccccc1. The summed E-state index contributed by atoms with van der Waals surface area (Å²) in [7, 11) is -4.85. The number of carbonyl (C=O) groups is 2. The van der Waals surface area contributed by atoms with Crippen molar-refractivity contribution in [3.8, 4) is 0 Å². The number of imidazole rings is 1. The summed E-state index contributed by atoms with van der Waals surface area (Å²) in [5.74, 6) is -1.29. The summed E-state index contributed by atoms with van der Waals surface area (Å²) in [5, 5.41) is 2.53. The lowest BCUT2D eigenvalue weighted by molar-refractivity contribution is -0.0491. The smallest absolute Gasteiger partial charge is 0.456 e. The van der Waals surface area contributed by atoms with Gasteiger partial charge >= 0.3 is 13.8 Å². The van der Waals surface area contributed by atoms with Crippen molar-refractivity contribution in [1.29, 1.82) is 0 Å². The maximum Gasteiger partial charge on any atom is 0.469 e. The molecule has 1 amide bonds. The molecule has 2 aromatic carbocycles. The minimum absolute atomic E-state index is 0.0272. The van der Waals surface area contributed by atoms with E-state index in [2.05, 4.69) is 24.8 Å². The van der Waals surface area contributed by atoms with Crippen LogP contribution in [0.1, 0.15) is 33.4 Å². The number of carbonyl (C=O) groups excluding carboxylic acids is 2. The summed E-state index contributed by atoms with van der Waals surface area (Å²) < 4.78 is 28.8. The molecule has 4 N–H and O–H groups in total. The van der Waals surface area contributed by atoms with E-state index < -0.39 is 50.3 Å². The number of aromatic nitrogens is 4. The van der Waals surface area contributed by atoms with Crippen LogP contribution in [0.3, 0.4) is 0 Å². The lowest BCUT2D eigenvalue weighted by Gasteiger charge is -2.19. The first-order valence-electron chi connectivity index (χ1n) is 11.6. The van der Waals surface area contributed by atoms with Crippen LogP contribution in [0, 0.1) is 0 Å². The third-order valence-corrected chi connectivity index (χ3v) is 6.35. The number of fused-ring (bicyclic) bond motifs is 1. The Balaban J connectivity index is 1.41. The van der Waals surface area contributed by atoms with E-state index in [1.54, 1.807) is 60.7 Å². The van der Waals surface area contributed by atoms with Crippen molar-refractivity contribution in [3.63, 3.8) is 0 Å². The molecule has 2 aromatic heterocycles. The zero-order valence-corrected chi connectivity index (χ0v) is 20.9. The molecule has 0 spiro atoms. The average Bonchev–Trinajstić information content (AvgIpc) is 3.52. The standard InChI is InChI=1S/C24H22N5O9P/c30-21(14-7-3-1-4-8-14)27-24-26-20-19(22(31)28-24)25-13-29(20)18-11-16(17(37-18)12-36-39(33,34)35)38-23(32)15-9-5-2-6-10-15/h1-10,13,16-18H,11-12H2,(H2,33,34,35)(H2,26,27,28,30,31). The molecule has 1 saturated heterocycles. The van der Waals surface area contributed by atoms with Crippen molar-refractivity contribution >= 4 is 36.8 Å². The highest BCUT2D eigenvalue weighted by Crippen LogP contribution is 2.39. The predicted molar refractivity (Wildman–Crippen MR) is 135 cm³/mol. The van der Waals surface area contributed by atoms with Crippen molar-refractivity contribution < 1.29 is 37.9 Å². The number of esters is 1. The Bertz CT molecular complexity index is 1600. The van der Waals surface area contributed by atoms with Gasteiger partial charge in [0.1, 0.15) is 18.4 Å². The van der Waals surface area contributed by atoms with Crippen LogP contribution < -0.4 is 10.9 Å². The number of rotatable bonds is 8. The van der Waals surface area contributed by atoms with Gasteiger partial charge < -0.3 is 19.3 Å². The number of aromatic amines is 1. The number of nitrogens with one attached hydrogen (secondary N) is 2. The summed E-state index contributed by atoms with van der Waals surface area (Å²) in [4.78, 5) is 67.1. The van der Waals surface area contributed by atoms with Gasteiger partial charge in [-0.2, -0.15) is 4.98 Å². The van der Waals surface area contributed by atoms with Gasteiger partial charge in [-0.15, -0.1) is 0 Å². The van der Waals surface area contributed by atoms with Gasteiger partial charge in [-0.25, -0.2) is 14.3 Å². The fourth-order valence-electron chi connectivity index (χ4n) is 4.06. The number of benzene rings is 2. The Morgan fingerprint density at radius 3 is 2.44 bits per heavy atom. The van der Waals surface area contributed by atoms with Crippen LogP contribution in [0.15, 0.2) is 71.8 Å². The van der Waals surface area contributed by atoms with Crippen molar-refractivity contribution in [3.05, 3.63) is 88.5 Å². The van der Waals surface area contributed by atoms with E-state index in [9.17, 15) is 18.9 Å².